The first-order valence-electron chi connectivity index (χ1n) is 6.51. The predicted molar refractivity (Wildman–Crippen MR) is 79.2 cm³/mol. The molecule has 0 aliphatic rings. The fourth-order valence-electron chi connectivity index (χ4n) is 1.57. The monoisotopic (exact) mass is 316 g/mol. The van der Waals surface area contributed by atoms with Crippen molar-refractivity contribution in [2.75, 3.05) is 0 Å². The minimum Gasteiger partial charge on any atom is -0.423 e. The quantitative estimate of drug-likeness (QED) is 0.275. The number of benzene rings is 2. The van der Waals surface area contributed by atoms with Crippen molar-refractivity contribution in [2.24, 2.45) is 0 Å². The van der Waals surface area contributed by atoms with Gasteiger partial charge in [0, 0.05) is 16.7 Å². The molecule has 0 aromatic heterocycles. The molecule has 0 amide bonds. The SMILES string of the molecule is C=C(C)C(=O)Oc1ccc(C#Cc2cc(F)c(F)c(F)c2)cc1. The van der Waals surface area contributed by atoms with E-state index in [-0.39, 0.29) is 11.1 Å². The molecule has 116 valence electrons. The molecule has 0 fully saturated rings. The Balaban J connectivity index is 2.16. The molecule has 0 N–H and O–H groups in total. The smallest absolute Gasteiger partial charge is 0.338 e. The van der Waals surface area contributed by atoms with Crippen LogP contribution < -0.4 is 4.74 Å². The molecule has 0 unspecified atom stereocenters. The number of esters is 1. The fraction of sp³-hybridized carbons (Fsp3) is 0.0556. The fourth-order valence-corrected chi connectivity index (χ4v) is 1.57. The molecule has 0 saturated heterocycles. The van der Waals surface area contributed by atoms with Crippen molar-refractivity contribution < 1.29 is 22.7 Å². The van der Waals surface area contributed by atoms with Gasteiger partial charge < -0.3 is 4.74 Å². The normalized spacial score (nSPS) is 9.74. The average molecular weight is 316 g/mol. The van der Waals surface area contributed by atoms with Crippen LogP contribution in [0.25, 0.3) is 0 Å². The van der Waals surface area contributed by atoms with E-state index in [1.807, 2.05) is 0 Å². The van der Waals surface area contributed by atoms with Crippen molar-refractivity contribution in [1.82, 2.24) is 0 Å². The molecule has 0 spiro atoms. The second-order valence-electron chi connectivity index (χ2n) is 4.70. The van der Waals surface area contributed by atoms with Gasteiger partial charge in [0.05, 0.1) is 0 Å². The van der Waals surface area contributed by atoms with E-state index < -0.39 is 23.4 Å². The zero-order valence-corrected chi connectivity index (χ0v) is 12.1. The molecule has 23 heavy (non-hydrogen) atoms. The number of halogens is 3. The minimum absolute atomic E-state index is 0.0131. The third-order valence-corrected chi connectivity index (χ3v) is 2.75. The lowest BCUT2D eigenvalue weighted by Gasteiger charge is -2.03. The van der Waals surface area contributed by atoms with Gasteiger partial charge in [-0.2, -0.15) is 0 Å². The molecule has 0 heterocycles. The first-order valence-corrected chi connectivity index (χ1v) is 6.51. The van der Waals surface area contributed by atoms with Crippen LogP contribution in [0.1, 0.15) is 18.1 Å². The lowest BCUT2D eigenvalue weighted by atomic mass is 10.1. The van der Waals surface area contributed by atoms with E-state index in [1.165, 1.54) is 19.1 Å². The van der Waals surface area contributed by atoms with E-state index in [2.05, 4.69) is 18.4 Å². The molecule has 2 aromatic carbocycles. The lowest BCUT2D eigenvalue weighted by molar-refractivity contribution is -0.130. The number of hydrogen-bond donors (Lipinski definition) is 0. The maximum Gasteiger partial charge on any atom is 0.338 e. The second kappa shape index (κ2) is 6.84. The minimum atomic E-state index is -1.53. The molecule has 0 aliphatic carbocycles. The first-order chi connectivity index (χ1) is 10.9. The number of hydrogen-bond acceptors (Lipinski definition) is 2. The zero-order chi connectivity index (χ0) is 17.0. The Morgan fingerprint density at radius 3 is 2.04 bits per heavy atom. The van der Waals surface area contributed by atoms with Crippen LogP contribution in [0.2, 0.25) is 0 Å². The number of ether oxygens (including phenoxy) is 1. The molecular weight excluding hydrogens is 305 g/mol. The van der Waals surface area contributed by atoms with Crippen molar-refractivity contribution in [3.63, 3.8) is 0 Å². The molecule has 0 atom stereocenters. The summed E-state index contributed by atoms with van der Waals surface area (Å²) in [7, 11) is 0. The van der Waals surface area contributed by atoms with Crippen LogP contribution in [0, 0.1) is 29.3 Å². The zero-order valence-electron chi connectivity index (χ0n) is 12.1. The highest BCUT2D eigenvalue weighted by molar-refractivity contribution is 5.88. The van der Waals surface area contributed by atoms with Gasteiger partial charge in [0.15, 0.2) is 17.5 Å². The highest BCUT2D eigenvalue weighted by Gasteiger charge is 2.09. The Hall–Kier alpha value is -3.00. The summed E-state index contributed by atoms with van der Waals surface area (Å²) in [5.41, 5.74) is 0.818. The molecule has 2 aromatic rings. The summed E-state index contributed by atoms with van der Waals surface area (Å²) >= 11 is 0. The van der Waals surface area contributed by atoms with Gasteiger partial charge >= 0.3 is 5.97 Å². The Morgan fingerprint density at radius 2 is 1.52 bits per heavy atom. The van der Waals surface area contributed by atoms with Crippen LogP contribution in [-0.2, 0) is 4.79 Å². The Morgan fingerprint density at radius 1 is 1.00 bits per heavy atom. The van der Waals surface area contributed by atoms with E-state index in [0.29, 0.717) is 11.3 Å². The van der Waals surface area contributed by atoms with Gasteiger partial charge in [-0.1, -0.05) is 18.4 Å². The molecule has 0 bridgehead atoms. The molecule has 2 rings (SSSR count). The van der Waals surface area contributed by atoms with Crippen molar-refractivity contribution in [3.05, 3.63) is 77.1 Å². The van der Waals surface area contributed by atoms with E-state index >= 15 is 0 Å². The molecule has 5 heteroatoms. The van der Waals surface area contributed by atoms with E-state index in [1.54, 1.807) is 12.1 Å². The number of carbonyl (C=O) groups excluding carboxylic acids is 1. The van der Waals surface area contributed by atoms with Crippen LogP contribution in [-0.4, -0.2) is 5.97 Å². The molecule has 2 nitrogen and oxygen atoms in total. The summed E-state index contributed by atoms with van der Waals surface area (Å²) in [6.07, 6.45) is 0. The van der Waals surface area contributed by atoms with Gasteiger partial charge in [0.2, 0.25) is 0 Å². The number of carbonyl (C=O) groups is 1. The van der Waals surface area contributed by atoms with Gasteiger partial charge in [-0.15, -0.1) is 0 Å². The van der Waals surface area contributed by atoms with Gasteiger partial charge in [0.25, 0.3) is 0 Å². The average Bonchev–Trinajstić information content (AvgIpc) is 2.51. The topological polar surface area (TPSA) is 26.3 Å². The van der Waals surface area contributed by atoms with Crippen molar-refractivity contribution >= 4 is 5.97 Å². The number of rotatable bonds is 2. The summed E-state index contributed by atoms with van der Waals surface area (Å²) in [4.78, 5) is 11.3. The molecular formula is C18H11F3O2. The van der Waals surface area contributed by atoms with Gasteiger partial charge in [-0.05, 0) is 43.3 Å². The van der Waals surface area contributed by atoms with Gasteiger partial charge in [-0.3, -0.25) is 0 Å². The molecule has 0 saturated carbocycles. The lowest BCUT2D eigenvalue weighted by Crippen LogP contribution is -2.07. The van der Waals surface area contributed by atoms with Crippen LogP contribution in [0.4, 0.5) is 13.2 Å². The van der Waals surface area contributed by atoms with E-state index in [0.717, 1.165) is 12.1 Å². The third-order valence-electron chi connectivity index (χ3n) is 2.75. The highest BCUT2D eigenvalue weighted by atomic mass is 19.2. The Bertz CT molecular complexity index is 805. The van der Waals surface area contributed by atoms with Crippen LogP contribution in [0.5, 0.6) is 5.75 Å². The van der Waals surface area contributed by atoms with Crippen LogP contribution in [0.15, 0.2) is 48.6 Å². The van der Waals surface area contributed by atoms with Crippen LogP contribution in [0.3, 0.4) is 0 Å². The first kappa shape index (κ1) is 16.4. The Labute approximate surface area is 131 Å². The maximum atomic E-state index is 13.1. The molecule has 0 aliphatic heterocycles. The third kappa shape index (κ3) is 4.24. The van der Waals surface area contributed by atoms with E-state index in [9.17, 15) is 18.0 Å². The predicted octanol–water partition coefficient (Wildman–Crippen LogP) is 3.99. The summed E-state index contributed by atoms with van der Waals surface area (Å²) in [6, 6.07) is 7.82. The Kier molecular flexibility index (Phi) is 4.87. The van der Waals surface area contributed by atoms with Crippen molar-refractivity contribution in [2.45, 2.75) is 6.92 Å². The van der Waals surface area contributed by atoms with Gasteiger partial charge in [-0.25, -0.2) is 18.0 Å². The largest absolute Gasteiger partial charge is 0.423 e. The summed E-state index contributed by atoms with van der Waals surface area (Å²) in [6.45, 7) is 5.00. The standard InChI is InChI=1S/C18H11F3O2/c1-11(2)18(22)23-14-7-5-12(6-8-14)3-4-13-9-15(19)17(21)16(20)10-13/h5-10H,1H2,2H3. The van der Waals surface area contributed by atoms with E-state index in [4.69, 9.17) is 4.74 Å². The highest BCUT2D eigenvalue weighted by Crippen LogP contribution is 2.15. The maximum absolute atomic E-state index is 13.1. The van der Waals surface area contributed by atoms with Gasteiger partial charge in [0.1, 0.15) is 5.75 Å². The summed E-state index contributed by atoms with van der Waals surface area (Å²) in [5.74, 6) is 0.867. The second-order valence-corrected chi connectivity index (χ2v) is 4.70. The van der Waals surface area contributed by atoms with Crippen molar-refractivity contribution in [3.8, 4) is 17.6 Å². The van der Waals surface area contributed by atoms with Crippen LogP contribution >= 0.6 is 0 Å². The summed E-state index contributed by atoms with van der Waals surface area (Å²) in [5, 5.41) is 0. The molecule has 0 radical (unpaired) electrons. The van der Waals surface area contributed by atoms with Crippen molar-refractivity contribution in [1.29, 1.82) is 0 Å². The summed E-state index contributed by atoms with van der Waals surface area (Å²) < 4.78 is 44.0.